The maximum atomic E-state index is 12.6. The van der Waals surface area contributed by atoms with Gasteiger partial charge in [-0.2, -0.15) is 0 Å². The number of carbonyl (C=O) groups excluding carboxylic acids is 3. The molecule has 1 N–H and O–H groups in total. The molecule has 3 aliphatic rings. The van der Waals surface area contributed by atoms with Crippen LogP contribution in [0.25, 0.3) is 0 Å². The van der Waals surface area contributed by atoms with E-state index in [0.717, 1.165) is 24.2 Å². The topological polar surface area (TPSA) is 84.9 Å². The number of carbonyl (C=O) groups is 3. The quantitative estimate of drug-likeness (QED) is 0.827. The van der Waals surface area contributed by atoms with Crippen LogP contribution in [0, 0.1) is 0 Å². The number of hydrogen-bond acceptors (Lipinski definition) is 5. The molecule has 0 saturated carbocycles. The third-order valence-corrected chi connectivity index (χ3v) is 4.97. The molecule has 25 heavy (non-hydrogen) atoms. The van der Waals surface area contributed by atoms with Crippen LogP contribution in [0.1, 0.15) is 41.6 Å². The minimum Gasteiger partial charge on any atom is -0.490 e. The molecule has 1 aromatic carbocycles. The molecular formula is C18H20N2O5. The van der Waals surface area contributed by atoms with Gasteiger partial charge in [-0.05, 0) is 30.2 Å². The van der Waals surface area contributed by atoms with Crippen molar-refractivity contribution in [3.05, 3.63) is 29.3 Å². The van der Waals surface area contributed by atoms with Crippen molar-refractivity contribution in [2.75, 3.05) is 13.2 Å². The van der Waals surface area contributed by atoms with Crippen LogP contribution >= 0.6 is 0 Å². The lowest BCUT2D eigenvalue weighted by Crippen LogP contribution is -2.52. The van der Waals surface area contributed by atoms with Crippen LogP contribution in [0.15, 0.2) is 18.2 Å². The summed E-state index contributed by atoms with van der Waals surface area (Å²) >= 11 is 0. The van der Waals surface area contributed by atoms with E-state index in [0.29, 0.717) is 31.7 Å². The third-order valence-electron chi connectivity index (χ3n) is 4.97. The Balaban J connectivity index is 1.49. The molecule has 132 valence electrons. The first-order valence-corrected chi connectivity index (χ1v) is 8.64. The Kier molecular flexibility index (Phi) is 4.17. The summed E-state index contributed by atoms with van der Waals surface area (Å²) in [5.74, 6) is -0.0978. The van der Waals surface area contributed by atoms with Gasteiger partial charge in [0.25, 0.3) is 5.91 Å². The predicted octanol–water partition coefficient (Wildman–Crippen LogP) is 1.01. The third kappa shape index (κ3) is 3.11. The average molecular weight is 344 g/mol. The Morgan fingerprint density at radius 1 is 1.12 bits per heavy atom. The lowest BCUT2D eigenvalue weighted by molar-refractivity contribution is -0.136. The summed E-state index contributed by atoms with van der Waals surface area (Å²) in [5, 5.41) is 2.31. The van der Waals surface area contributed by atoms with Crippen LogP contribution in [0.3, 0.4) is 0 Å². The molecule has 2 saturated heterocycles. The van der Waals surface area contributed by atoms with Gasteiger partial charge >= 0.3 is 0 Å². The zero-order valence-electron chi connectivity index (χ0n) is 13.8. The van der Waals surface area contributed by atoms with Crippen molar-refractivity contribution in [2.45, 2.75) is 44.4 Å². The van der Waals surface area contributed by atoms with Crippen LogP contribution in [-0.2, 0) is 20.9 Å². The summed E-state index contributed by atoms with van der Waals surface area (Å²) in [7, 11) is 0. The number of hydrogen-bond donors (Lipinski definition) is 1. The number of benzene rings is 1. The molecule has 3 aliphatic heterocycles. The standard InChI is InChI=1S/C18H20N2O5/c21-16-4-3-15(17(22)19-16)20-10-11-9-13(1-2-14(11)18(20)23)25-12-5-7-24-8-6-12/h1-2,9,12,15H,3-8,10H2,(H,19,21,22). The normalized spacial score (nSPS) is 24.2. The number of imide groups is 1. The van der Waals surface area contributed by atoms with Crippen LogP contribution < -0.4 is 10.1 Å². The first-order valence-electron chi connectivity index (χ1n) is 8.64. The van der Waals surface area contributed by atoms with Gasteiger partial charge in [-0.1, -0.05) is 0 Å². The van der Waals surface area contributed by atoms with Crippen molar-refractivity contribution >= 4 is 17.7 Å². The second kappa shape index (κ2) is 6.48. The second-order valence-electron chi connectivity index (χ2n) is 6.65. The molecule has 0 bridgehead atoms. The Hall–Kier alpha value is -2.41. The Morgan fingerprint density at radius 2 is 1.92 bits per heavy atom. The smallest absolute Gasteiger partial charge is 0.255 e. The van der Waals surface area contributed by atoms with Crippen LogP contribution in [-0.4, -0.2) is 48.0 Å². The van der Waals surface area contributed by atoms with Gasteiger partial charge in [0.1, 0.15) is 17.9 Å². The van der Waals surface area contributed by atoms with Crippen LogP contribution in [0.2, 0.25) is 0 Å². The van der Waals surface area contributed by atoms with Crippen LogP contribution in [0.4, 0.5) is 0 Å². The van der Waals surface area contributed by atoms with E-state index in [1.54, 1.807) is 17.0 Å². The van der Waals surface area contributed by atoms with E-state index in [1.807, 2.05) is 6.07 Å². The molecule has 1 unspecified atom stereocenters. The van der Waals surface area contributed by atoms with E-state index in [9.17, 15) is 14.4 Å². The largest absolute Gasteiger partial charge is 0.490 e. The summed E-state index contributed by atoms with van der Waals surface area (Å²) in [6.45, 7) is 1.78. The molecule has 0 aromatic heterocycles. The molecule has 7 nitrogen and oxygen atoms in total. The van der Waals surface area contributed by atoms with Crippen molar-refractivity contribution in [3.63, 3.8) is 0 Å². The summed E-state index contributed by atoms with van der Waals surface area (Å²) in [6.07, 6.45) is 2.48. The first kappa shape index (κ1) is 16.1. The molecule has 0 spiro atoms. The fourth-order valence-corrected chi connectivity index (χ4v) is 3.61. The van der Waals surface area contributed by atoms with E-state index < -0.39 is 11.9 Å². The zero-order chi connectivity index (χ0) is 17.4. The van der Waals surface area contributed by atoms with E-state index in [4.69, 9.17) is 9.47 Å². The summed E-state index contributed by atoms with van der Waals surface area (Å²) in [5.41, 5.74) is 1.46. The summed E-state index contributed by atoms with van der Waals surface area (Å²) in [4.78, 5) is 37.5. The predicted molar refractivity (Wildman–Crippen MR) is 87.0 cm³/mol. The van der Waals surface area contributed by atoms with Gasteiger partial charge in [0.05, 0.1) is 13.2 Å². The Bertz CT molecular complexity index is 726. The van der Waals surface area contributed by atoms with E-state index in [2.05, 4.69) is 5.32 Å². The van der Waals surface area contributed by atoms with Crippen LogP contribution in [0.5, 0.6) is 5.75 Å². The van der Waals surface area contributed by atoms with Gasteiger partial charge in [-0.3, -0.25) is 19.7 Å². The number of amides is 3. The van der Waals surface area contributed by atoms with Crippen molar-refractivity contribution in [3.8, 4) is 5.75 Å². The van der Waals surface area contributed by atoms with Gasteiger partial charge in [-0.25, -0.2) is 0 Å². The van der Waals surface area contributed by atoms with Gasteiger partial charge in [0.15, 0.2) is 0 Å². The van der Waals surface area contributed by atoms with E-state index in [-0.39, 0.29) is 24.3 Å². The van der Waals surface area contributed by atoms with Crippen molar-refractivity contribution in [1.29, 1.82) is 0 Å². The van der Waals surface area contributed by atoms with Gasteiger partial charge in [0, 0.05) is 31.4 Å². The lowest BCUT2D eigenvalue weighted by atomic mass is 10.0. The number of ether oxygens (including phenoxy) is 2. The molecular weight excluding hydrogens is 324 g/mol. The molecule has 1 aromatic rings. The van der Waals surface area contributed by atoms with E-state index >= 15 is 0 Å². The summed E-state index contributed by atoms with van der Waals surface area (Å²) in [6, 6.07) is 4.87. The highest BCUT2D eigenvalue weighted by atomic mass is 16.5. The highest BCUT2D eigenvalue weighted by Gasteiger charge is 2.39. The minimum absolute atomic E-state index is 0.134. The number of rotatable bonds is 3. The Morgan fingerprint density at radius 3 is 2.68 bits per heavy atom. The van der Waals surface area contributed by atoms with Crippen molar-refractivity contribution in [1.82, 2.24) is 10.2 Å². The molecule has 4 rings (SSSR count). The van der Waals surface area contributed by atoms with E-state index in [1.165, 1.54) is 0 Å². The first-order chi connectivity index (χ1) is 12.1. The molecule has 2 fully saturated rings. The SMILES string of the molecule is O=C1CCC(N2Cc3cc(OC4CCOCC4)ccc3C2=O)C(=O)N1. The maximum Gasteiger partial charge on any atom is 0.255 e. The molecule has 7 heteroatoms. The fraction of sp³-hybridized carbons (Fsp3) is 0.500. The van der Waals surface area contributed by atoms with Gasteiger partial charge in [-0.15, -0.1) is 0 Å². The number of nitrogens with zero attached hydrogens (tertiary/aromatic N) is 1. The highest BCUT2D eigenvalue weighted by Crippen LogP contribution is 2.31. The monoisotopic (exact) mass is 344 g/mol. The molecule has 3 heterocycles. The average Bonchev–Trinajstić information content (AvgIpc) is 2.92. The highest BCUT2D eigenvalue weighted by molar-refractivity contribution is 6.05. The second-order valence-corrected chi connectivity index (χ2v) is 6.65. The van der Waals surface area contributed by atoms with Gasteiger partial charge in [0.2, 0.25) is 11.8 Å². The number of piperidine rings is 1. The minimum atomic E-state index is -0.586. The zero-order valence-corrected chi connectivity index (χ0v) is 13.8. The Labute approximate surface area is 145 Å². The van der Waals surface area contributed by atoms with Crippen molar-refractivity contribution < 1.29 is 23.9 Å². The molecule has 1 atom stereocenters. The number of fused-ring (bicyclic) bond motifs is 1. The molecule has 3 amide bonds. The molecule has 0 radical (unpaired) electrons. The lowest BCUT2D eigenvalue weighted by Gasteiger charge is -2.29. The molecule has 0 aliphatic carbocycles. The summed E-state index contributed by atoms with van der Waals surface area (Å²) < 4.78 is 11.3. The van der Waals surface area contributed by atoms with Crippen molar-refractivity contribution in [2.24, 2.45) is 0 Å². The number of nitrogens with one attached hydrogen (secondary N) is 1. The van der Waals surface area contributed by atoms with Gasteiger partial charge < -0.3 is 14.4 Å². The fourth-order valence-electron chi connectivity index (χ4n) is 3.61. The maximum absolute atomic E-state index is 12.6.